The molecule has 0 aromatic heterocycles. The Morgan fingerprint density at radius 3 is 2.16 bits per heavy atom. The predicted octanol–water partition coefficient (Wildman–Crippen LogP) is 4.79. The fraction of sp³-hybridized carbons (Fsp3) is 0.0952. The Balaban J connectivity index is 1.88. The molecule has 0 saturated carbocycles. The predicted molar refractivity (Wildman–Crippen MR) is 137 cm³/mol. The van der Waals surface area contributed by atoms with Crippen LogP contribution in [0.3, 0.4) is 0 Å². The molecule has 17 heteroatoms. The van der Waals surface area contributed by atoms with Gasteiger partial charge < -0.3 is 8.92 Å². The Morgan fingerprint density at radius 1 is 0.947 bits per heavy atom. The summed E-state index contributed by atoms with van der Waals surface area (Å²) in [4.78, 5) is 30.4. The molecule has 3 aromatic rings. The van der Waals surface area contributed by atoms with Gasteiger partial charge in [-0.3, -0.25) is 35.8 Å². The molecule has 3 aromatic carbocycles. The summed E-state index contributed by atoms with van der Waals surface area (Å²) < 4.78 is 36.4. The van der Waals surface area contributed by atoms with E-state index in [9.17, 15) is 38.8 Å². The van der Waals surface area contributed by atoms with Crippen molar-refractivity contribution >= 4 is 55.0 Å². The monoisotopic (exact) mass is 609 g/mol. The van der Waals surface area contributed by atoms with E-state index in [2.05, 4.69) is 26.5 Å². The SMILES string of the molecule is CCOc1cc(/C=N\Nc2ccc([N+](=O)[O-])cc2[N+](=O)[O-])cc(Br)c1OS(=O)(=O)c1ccc([N+](=O)[O-])cc1. The van der Waals surface area contributed by atoms with Gasteiger partial charge in [-0.25, -0.2) is 0 Å². The molecule has 0 atom stereocenters. The summed E-state index contributed by atoms with van der Waals surface area (Å²) in [6.45, 7) is 1.78. The van der Waals surface area contributed by atoms with Crippen molar-refractivity contribution in [1.29, 1.82) is 0 Å². The molecule has 0 fully saturated rings. The zero-order chi connectivity index (χ0) is 28.0. The van der Waals surface area contributed by atoms with Crippen LogP contribution in [-0.4, -0.2) is 36.0 Å². The van der Waals surface area contributed by atoms with Gasteiger partial charge >= 0.3 is 15.8 Å². The number of nitro groups is 3. The molecule has 0 bridgehead atoms. The second kappa shape index (κ2) is 11.6. The minimum atomic E-state index is -4.40. The van der Waals surface area contributed by atoms with Gasteiger partial charge in [0.1, 0.15) is 10.6 Å². The fourth-order valence-electron chi connectivity index (χ4n) is 2.95. The van der Waals surface area contributed by atoms with E-state index < -0.39 is 36.3 Å². The van der Waals surface area contributed by atoms with E-state index in [1.807, 2.05) is 0 Å². The minimum Gasteiger partial charge on any atom is -0.490 e. The lowest BCUT2D eigenvalue weighted by Gasteiger charge is -2.14. The quantitative estimate of drug-likeness (QED) is 0.135. The van der Waals surface area contributed by atoms with Crippen LogP contribution in [0.5, 0.6) is 11.5 Å². The summed E-state index contributed by atoms with van der Waals surface area (Å²) in [6, 6.07) is 9.94. The second-order valence-corrected chi connectivity index (χ2v) is 9.54. The third kappa shape index (κ3) is 6.56. The van der Waals surface area contributed by atoms with Crippen LogP contribution in [0.4, 0.5) is 22.7 Å². The fourth-order valence-corrected chi connectivity index (χ4v) is 4.56. The molecule has 0 aliphatic carbocycles. The first-order valence-corrected chi connectivity index (χ1v) is 12.5. The van der Waals surface area contributed by atoms with Gasteiger partial charge in [-0.1, -0.05) is 0 Å². The largest absolute Gasteiger partial charge is 0.490 e. The summed E-state index contributed by atoms with van der Waals surface area (Å²) in [5.41, 5.74) is 1.38. The minimum absolute atomic E-state index is 0.00938. The van der Waals surface area contributed by atoms with Crippen molar-refractivity contribution in [2.24, 2.45) is 5.10 Å². The summed E-state index contributed by atoms with van der Waals surface area (Å²) >= 11 is 3.22. The zero-order valence-electron chi connectivity index (χ0n) is 19.1. The van der Waals surface area contributed by atoms with Crippen LogP contribution >= 0.6 is 15.9 Å². The third-order valence-corrected chi connectivity index (χ3v) is 6.47. The van der Waals surface area contributed by atoms with E-state index in [-0.39, 0.29) is 38.8 Å². The third-order valence-electron chi connectivity index (χ3n) is 4.65. The van der Waals surface area contributed by atoms with E-state index in [1.54, 1.807) is 6.92 Å². The molecule has 0 aliphatic rings. The highest BCUT2D eigenvalue weighted by molar-refractivity contribution is 9.10. The molecule has 15 nitrogen and oxygen atoms in total. The maximum atomic E-state index is 12.8. The first-order valence-electron chi connectivity index (χ1n) is 10.3. The van der Waals surface area contributed by atoms with E-state index in [4.69, 9.17) is 8.92 Å². The number of rotatable bonds is 11. The maximum absolute atomic E-state index is 12.8. The second-order valence-electron chi connectivity index (χ2n) is 7.14. The van der Waals surface area contributed by atoms with Crippen LogP contribution in [0.25, 0.3) is 0 Å². The van der Waals surface area contributed by atoms with Crippen LogP contribution in [0.2, 0.25) is 0 Å². The number of hydrogen-bond donors (Lipinski definition) is 1. The maximum Gasteiger partial charge on any atom is 0.339 e. The highest BCUT2D eigenvalue weighted by Crippen LogP contribution is 2.38. The summed E-state index contributed by atoms with van der Waals surface area (Å²) in [7, 11) is -4.40. The average molecular weight is 610 g/mol. The first-order chi connectivity index (χ1) is 17.9. The highest BCUT2D eigenvalue weighted by Gasteiger charge is 2.23. The number of nitrogens with one attached hydrogen (secondary N) is 1. The molecular formula is C21H16BrN5O10S. The molecule has 0 heterocycles. The lowest BCUT2D eigenvalue weighted by atomic mass is 10.2. The van der Waals surface area contributed by atoms with E-state index in [0.717, 1.165) is 42.5 Å². The van der Waals surface area contributed by atoms with Gasteiger partial charge in [0.2, 0.25) is 0 Å². The number of hydrazone groups is 1. The van der Waals surface area contributed by atoms with E-state index in [1.165, 1.54) is 18.3 Å². The van der Waals surface area contributed by atoms with Gasteiger partial charge in [0.15, 0.2) is 11.5 Å². The van der Waals surface area contributed by atoms with Crippen molar-refractivity contribution in [2.45, 2.75) is 11.8 Å². The molecule has 38 heavy (non-hydrogen) atoms. The van der Waals surface area contributed by atoms with Crippen molar-refractivity contribution in [2.75, 3.05) is 12.0 Å². The van der Waals surface area contributed by atoms with Gasteiger partial charge in [0.25, 0.3) is 11.4 Å². The van der Waals surface area contributed by atoms with Crippen molar-refractivity contribution in [1.82, 2.24) is 0 Å². The molecule has 198 valence electrons. The Hall–Kier alpha value is -4.64. The summed E-state index contributed by atoms with van der Waals surface area (Å²) in [6.07, 6.45) is 1.24. The van der Waals surface area contributed by atoms with Gasteiger partial charge in [-0.15, -0.1) is 0 Å². The number of nitrogens with zero attached hydrogens (tertiary/aromatic N) is 4. The summed E-state index contributed by atoms with van der Waals surface area (Å²) in [5.74, 6) is -0.184. The Bertz CT molecular complexity index is 1540. The molecule has 0 aliphatic heterocycles. The van der Waals surface area contributed by atoms with Crippen molar-refractivity contribution in [3.8, 4) is 11.5 Å². The van der Waals surface area contributed by atoms with Crippen molar-refractivity contribution in [3.63, 3.8) is 0 Å². The van der Waals surface area contributed by atoms with Gasteiger partial charge in [-0.05, 0) is 58.7 Å². The molecular weight excluding hydrogens is 594 g/mol. The van der Waals surface area contributed by atoms with Gasteiger partial charge in [0, 0.05) is 18.2 Å². The Labute approximate surface area is 222 Å². The van der Waals surface area contributed by atoms with Gasteiger partial charge in [-0.2, -0.15) is 13.5 Å². The number of hydrogen-bond acceptors (Lipinski definition) is 12. The summed E-state index contributed by atoms with van der Waals surface area (Å²) in [5, 5.41) is 36.9. The average Bonchev–Trinajstić information content (AvgIpc) is 2.86. The smallest absolute Gasteiger partial charge is 0.339 e. The lowest BCUT2D eigenvalue weighted by Crippen LogP contribution is -2.11. The molecule has 0 amide bonds. The Kier molecular flexibility index (Phi) is 8.53. The number of ether oxygens (including phenoxy) is 1. The van der Waals surface area contributed by atoms with Crippen LogP contribution in [0.1, 0.15) is 12.5 Å². The molecule has 0 spiro atoms. The number of benzene rings is 3. The molecule has 3 rings (SSSR count). The Morgan fingerprint density at radius 2 is 1.58 bits per heavy atom. The van der Waals surface area contributed by atoms with Crippen LogP contribution < -0.4 is 14.3 Å². The van der Waals surface area contributed by atoms with Gasteiger partial charge in [0.05, 0.1) is 38.1 Å². The number of anilines is 1. The van der Waals surface area contributed by atoms with Crippen LogP contribution in [-0.2, 0) is 10.1 Å². The topological polar surface area (TPSA) is 206 Å². The van der Waals surface area contributed by atoms with Crippen LogP contribution in [0.15, 0.2) is 69.1 Å². The van der Waals surface area contributed by atoms with Crippen molar-refractivity contribution < 1.29 is 32.1 Å². The van der Waals surface area contributed by atoms with E-state index >= 15 is 0 Å². The normalized spacial score (nSPS) is 11.2. The molecule has 0 unspecified atom stereocenters. The van der Waals surface area contributed by atoms with E-state index in [0.29, 0.717) is 5.56 Å². The number of non-ortho nitro benzene ring substituents is 2. The standard InChI is InChI=1S/C21H16BrN5O10S/c1-2-36-20-10-13(12-23-24-18-8-5-15(26(30)31)11-19(18)27(32)33)9-17(22)21(20)37-38(34,35)16-6-3-14(4-7-16)25(28)29/h3-12,24H,2H2,1H3/b23-12-. The highest BCUT2D eigenvalue weighted by atomic mass is 79.9. The number of halogens is 1. The zero-order valence-corrected chi connectivity index (χ0v) is 21.5. The molecule has 1 N–H and O–H groups in total. The number of nitro benzene ring substituents is 3. The molecule has 0 saturated heterocycles. The first kappa shape index (κ1) is 27.9. The molecule has 0 radical (unpaired) electrons. The van der Waals surface area contributed by atoms with Crippen LogP contribution in [0, 0.1) is 30.3 Å². The lowest BCUT2D eigenvalue weighted by molar-refractivity contribution is -0.393. The van der Waals surface area contributed by atoms with Crippen molar-refractivity contribution in [3.05, 3.63) is 95.0 Å².